The van der Waals surface area contributed by atoms with Crippen molar-refractivity contribution in [2.45, 2.75) is 32.1 Å². The number of carboxylic acids is 1. The topological polar surface area (TPSA) is 37.3 Å². The molecule has 0 atom stereocenters. The average molecular weight is 166 g/mol. The van der Waals surface area contributed by atoms with Gasteiger partial charge in [-0.15, -0.1) is 12.3 Å². The van der Waals surface area contributed by atoms with Gasteiger partial charge in [-0.1, -0.05) is 0 Å². The second kappa shape index (κ2) is 4.15. The van der Waals surface area contributed by atoms with Crippen molar-refractivity contribution in [3.8, 4) is 12.3 Å². The van der Waals surface area contributed by atoms with Crippen molar-refractivity contribution >= 4 is 5.97 Å². The fourth-order valence-electron chi connectivity index (χ4n) is 1.78. The van der Waals surface area contributed by atoms with Crippen LogP contribution in [-0.4, -0.2) is 11.1 Å². The molecule has 0 radical (unpaired) electrons. The largest absolute Gasteiger partial charge is 0.481 e. The molecule has 0 aliphatic heterocycles. The summed E-state index contributed by atoms with van der Waals surface area (Å²) in [5.41, 5.74) is 0. The molecular formula is C10H14O2. The Hall–Kier alpha value is -0.970. The van der Waals surface area contributed by atoms with E-state index in [0.29, 0.717) is 18.3 Å². The molecule has 1 saturated carbocycles. The van der Waals surface area contributed by atoms with E-state index in [9.17, 15) is 4.79 Å². The summed E-state index contributed by atoms with van der Waals surface area (Å²) >= 11 is 0. The highest BCUT2D eigenvalue weighted by atomic mass is 16.4. The quantitative estimate of drug-likeness (QED) is 0.636. The minimum absolute atomic E-state index is 0.317. The number of hydrogen-bond acceptors (Lipinski definition) is 1. The van der Waals surface area contributed by atoms with Gasteiger partial charge in [-0.3, -0.25) is 4.79 Å². The van der Waals surface area contributed by atoms with E-state index in [1.165, 1.54) is 0 Å². The molecule has 1 aliphatic rings. The van der Waals surface area contributed by atoms with Gasteiger partial charge in [0.15, 0.2) is 0 Å². The maximum atomic E-state index is 10.4. The zero-order chi connectivity index (χ0) is 8.97. The Bertz CT molecular complexity index is 194. The fourth-order valence-corrected chi connectivity index (χ4v) is 1.78. The second-order valence-corrected chi connectivity index (χ2v) is 3.48. The van der Waals surface area contributed by atoms with Gasteiger partial charge in [0.2, 0.25) is 0 Å². The summed E-state index contributed by atoms with van der Waals surface area (Å²) in [6, 6.07) is 0. The first-order valence-corrected chi connectivity index (χ1v) is 4.40. The van der Waals surface area contributed by atoms with Crippen LogP contribution in [-0.2, 0) is 4.79 Å². The van der Waals surface area contributed by atoms with Crippen LogP contribution in [0.2, 0.25) is 0 Å². The third-order valence-corrected chi connectivity index (χ3v) is 2.55. The predicted octanol–water partition coefficient (Wildman–Crippen LogP) is 1.90. The average Bonchev–Trinajstić information content (AvgIpc) is 2.05. The molecule has 0 aromatic heterocycles. The normalized spacial score (nSPS) is 29.2. The molecule has 1 rings (SSSR count). The monoisotopic (exact) mass is 166 g/mol. The smallest absolute Gasteiger partial charge is 0.303 e. The number of aliphatic carboxylic acids is 1. The SMILES string of the molecule is C#CC1CCC(CC(=O)O)CC1. The molecule has 0 aromatic rings. The van der Waals surface area contributed by atoms with Crippen LogP contribution >= 0.6 is 0 Å². The summed E-state index contributed by atoms with van der Waals surface area (Å²) < 4.78 is 0. The van der Waals surface area contributed by atoms with Gasteiger partial charge in [0, 0.05) is 12.3 Å². The van der Waals surface area contributed by atoms with Gasteiger partial charge in [-0.05, 0) is 31.6 Å². The number of carbonyl (C=O) groups is 1. The Kier molecular flexibility index (Phi) is 3.16. The molecule has 0 spiro atoms. The highest BCUT2D eigenvalue weighted by Gasteiger charge is 2.21. The van der Waals surface area contributed by atoms with Gasteiger partial charge in [0.25, 0.3) is 0 Å². The van der Waals surface area contributed by atoms with Crippen molar-refractivity contribution in [2.24, 2.45) is 11.8 Å². The van der Waals surface area contributed by atoms with Crippen molar-refractivity contribution in [2.75, 3.05) is 0 Å². The Labute approximate surface area is 73.0 Å². The molecule has 1 aliphatic carbocycles. The van der Waals surface area contributed by atoms with E-state index in [1.54, 1.807) is 0 Å². The standard InChI is InChI=1S/C10H14O2/c1-2-8-3-5-9(6-4-8)7-10(11)12/h1,8-9H,3-7H2,(H,11,12). The molecule has 2 heteroatoms. The predicted molar refractivity (Wildman–Crippen MR) is 46.5 cm³/mol. The summed E-state index contributed by atoms with van der Waals surface area (Å²) in [6.45, 7) is 0. The number of rotatable bonds is 2. The van der Waals surface area contributed by atoms with Gasteiger partial charge in [-0.25, -0.2) is 0 Å². The summed E-state index contributed by atoms with van der Waals surface area (Å²) in [5, 5.41) is 8.55. The Balaban J connectivity index is 2.27. The van der Waals surface area contributed by atoms with Crippen LogP contribution in [0, 0.1) is 24.2 Å². The van der Waals surface area contributed by atoms with Crippen molar-refractivity contribution in [1.29, 1.82) is 0 Å². The number of hydrogen-bond donors (Lipinski definition) is 1. The zero-order valence-corrected chi connectivity index (χ0v) is 7.12. The van der Waals surface area contributed by atoms with Crippen LogP contribution in [0.4, 0.5) is 0 Å². The third kappa shape index (κ3) is 2.58. The summed E-state index contributed by atoms with van der Waals surface area (Å²) in [5.74, 6) is 2.81. The highest BCUT2D eigenvalue weighted by molar-refractivity contribution is 5.67. The highest BCUT2D eigenvalue weighted by Crippen LogP contribution is 2.30. The van der Waals surface area contributed by atoms with E-state index in [1.807, 2.05) is 0 Å². The lowest BCUT2D eigenvalue weighted by Crippen LogP contribution is -2.16. The summed E-state index contributed by atoms with van der Waals surface area (Å²) in [7, 11) is 0. The van der Waals surface area contributed by atoms with Crippen molar-refractivity contribution in [3.05, 3.63) is 0 Å². The molecule has 0 aromatic carbocycles. The lowest BCUT2D eigenvalue weighted by atomic mass is 9.81. The van der Waals surface area contributed by atoms with Crippen LogP contribution < -0.4 is 0 Å². The van der Waals surface area contributed by atoms with Gasteiger partial charge < -0.3 is 5.11 Å². The van der Waals surface area contributed by atoms with Crippen LogP contribution in [0.5, 0.6) is 0 Å². The second-order valence-electron chi connectivity index (χ2n) is 3.48. The van der Waals surface area contributed by atoms with Crippen molar-refractivity contribution in [1.82, 2.24) is 0 Å². The van der Waals surface area contributed by atoms with E-state index in [0.717, 1.165) is 25.7 Å². The van der Waals surface area contributed by atoms with E-state index in [2.05, 4.69) is 5.92 Å². The van der Waals surface area contributed by atoms with E-state index in [-0.39, 0.29) is 0 Å². The van der Waals surface area contributed by atoms with Crippen molar-refractivity contribution in [3.63, 3.8) is 0 Å². The minimum atomic E-state index is -0.681. The van der Waals surface area contributed by atoms with Gasteiger partial charge >= 0.3 is 5.97 Å². The van der Waals surface area contributed by atoms with Crippen LogP contribution in [0.25, 0.3) is 0 Å². The van der Waals surface area contributed by atoms with E-state index in [4.69, 9.17) is 11.5 Å². The van der Waals surface area contributed by atoms with Gasteiger partial charge in [0.1, 0.15) is 0 Å². The molecule has 1 N–H and O–H groups in total. The Morgan fingerprint density at radius 1 is 1.42 bits per heavy atom. The third-order valence-electron chi connectivity index (χ3n) is 2.55. The molecule has 0 bridgehead atoms. The number of carboxylic acid groups (broad SMARTS) is 1. The molecular weight excluding hydrogens is 152 g/mol. The fraction of sp³-hybridized carbons (Fsp3) is 0.700. The Morgan fingerprint density at radius 3 is 2.42 bits per heavy atom. The maximum absolute atomic E-state index is 10.4. The van der Waals surface area contributed by atoms with E-state index >= 15 is 0 Å². The summed E-state index contributed by atoms with van der Waals surface area (Å²) in [4.78, 5) is 10.4. The van der Waals surface area contributed by atoms with Crippen LogP contribution in [0.15, 0.2) is 0 Å². The molecule has 0 saturated heterocycles. The maximum Gasteiger partial charge on any atom is 0.303 e. The molecule has 1 fully saturated rings. The van der Waals surface area contributed by atoms with E-state index < -0.39 is 5.97 Å². The minimum Gasteiger partial charge on any atom is -0.481 e. The number of terminal acetylenes is 1. The molecule has 0 heterocycles. The first-order chi connectivity index (χ1) is 5.72. The zero-order valence-electron chi connectivity index (χ0n) is 7.12. The molecule has 12 heavy (non-hydrogen) atoms. The molecule has 66 valence electrons. The Morgan fingerprint density at radius 2 is 2.00 bits per heavy atom. The summed E-state index contributed by atoms with van der Waals surface area (Å²) in [6.07, 6.45) is 9.59. The lowest BCUT2D eigenvalue weighted by molar-refractivity contribution is -0.138. The lowest BCUT2D eigenvalue weighted by Gasteiger charge is -2.23. The van der Waals surface area contributed by atoms with Crippen LogP contribution in [0.1, 0.15) is 32.1 Å². The molecule has 2 nitrogen and oxygen atoms in total. The van der Waals surface area contributed by atoms with Gasteiger partial charge in [0.05, 0.1) is 0 Å². The first-order valence-electron chi connectivity index (χ1n) is 4.40. The molecule has 0 unspecified atom stereocenters. The van der Waals surface area contributed by atoms with Gasteiger partial charge in [-0.2, -0.15) is 0 Å². The first kappa shape index (κ1) is 9.12. The van der Waals surface area contributed by atoms with Crippen LogP contribution in [0.3, 0.4) is 0 Å². The molecule has 0 amide bonds. The van der Waals surface area contributed by atoms with Crippen molar-refractivity contribution < 1.29 is 9.90 Å².